The molecule has 0 aliphatic carbocycles. The van der Waals surface area contributed by atoms with Crippen molar-refractivity contribution in [3.05, 3.63) is 62.4 Å². The maximum atomic E-state index is 12.4. The molecule has 1 fully saturated rings. The number of methoxy groups -OCH3 is 1. The lowest BCUT2D eigenvalue weighted by atomic mass is 9.84. The highest BCUT2D eigenvalue weighted by molar-refractivity contribution is 5.29. The minimum absolute atomic E-state index is 0.0255. The fraction of sp³-hybridized carbons (Fsp3) is 0.545. The summed E-state index contributed by atoms with van der Waals surface area (Å²) >= 11 is 0. The summed E-state index contributed by atoms with van der Waals surface area (Å²) in [5.41, 5.74) is -0.255. The summed E-state index contributed by atoms with van der Waals surface area (Å²) in [5.74, 6) is 0.736. The second-order valence-electron chi connectivity index (χ2n) is 8.77. The van der Waals surface area contributed by atoms with E-state index < -0.39 is 29.7 Å². The first-order chi connectivity index (χ1) is 14.6. The zero-order valence-electron chi connectivity index (χ0n) is 18.2. The van der Waals surface area contributed by atoms with Gasteiger partial charge in [-0.3, -0.25) is 14.3 Å². The Morgan fingerprint density at radius 2 is 1.94 bits per heavy atom. The van der Waals surface area contributed by atoms with Crippen LogP contribution in [0.2, 0.25) is 0 Å². The van der Waals surface area contributed by atoms with Gasteiger partial charge < -0.3 is 24.4 Å². The topological polar surface area (TPSA) is 123 Å². The largest absolute Gasteiger partial charge is 0.497 e. The molecule has 170 valence electrons. The Morgan fingerprint density at radius 3 is 2.48 bits per heavy atom. The molecule has 9 heteroatoms. The molecule has 31 heavy (non-hydrogen) atoms. The first-order valence-corrected chi connectivity index (χ1v) is 10.2. The third-order valence-electron chi connectivity index (χ3n) is 5.35. The number of hydrogen-bond acceptors (Lipinski definition) is 7. The molecule has 1 unspecified atom stereocenters. The Balaban J connectivity index is 1.83. The summed E-state index contributed by atoms with van der Waals surface area (Å²) in [6.07, 6.45) is -1.24. The van der Waals surface area contributed by atoms with Crippen LogP contribution in [0.1, 0.15) is 50.7 Å². The SMILES string of the molecule is COc1ccc(C(OCc2cn([C@H]3C[C@H](O)[C@@H](CO)O3)c(=O)[nH]c2=O)C(C)(C)C)cc1. The van der Waals surface area contributed by atoms with Gasteiger partial charge in [-0.1, -0.05) is 32.9 Å². The number of aliphatic hydroxyl groups excluding tert-OH is 2. The van der Waals surface area contributed by atoms with Gasteiger partial charge in [0.1, 0.15) is 18.1 Å². The first kappa shape index (κ1) is 23.2. The zero-order chi connectivity index (χ0) is 22.8. The molecule has 1 aromatic heterocycles. The maximum Gasteiger partial charge on any atom is 0.330 e. The quantitative estimate of drug-likeness (QED) is 0.603. The lowest BCUT2D eigenvalue weighted by molar-refractivity contribution is -0.0471. The van der Waals surface area contributed by atoms with Crippen LogP contribution in [0.5, 0.6) is 5.75 Å². The van der Waals surface area contributed by atoms with Crippen LogP contribution in [0.4, 0.5) is 0 Å². The summed E-state index contributed by atoms with van der Waals surface area (Å²) in [6, 6.07) is 7.54. The number of benzene rings is 1. The van der Waals surface area contributed by atoms with Gasteiger partial charge in [0.2, 0.25) is 0 Å². The number of hydrogen-bond donors (Lipinski definition) is 3. The Kier molecular flexibility index (Phi) is 7.00. The molecule has 1 aromatic carbocycles. The van der Waals surface area contributed by atoms with Crippen LogP contribution in [0.25, 0.3) is 0 Å². The van der Waals surface area contributed by atoms with Crippen LogP contribution < -0.4 is 16.0 Å². The van der Waals surface area contributed by atoms with Crippen molar-refractivity contribution in [2.45, 2.75) is 58.3 Å². The standard InChI is InChI=1S/C22H30N2O7/c1-22(2,3)19(13-5-7-15(29-4)8-6-13)30-12-14-10-24(21(28)23-20(14)27)18-9-16(26)17(11-25)31-18/h5-8,10,16-19,25-26H,9,11-12H2,1-4H3,(H,23,27,28)/t16-,17+,18+,19?/m0/s1. The molecule has 1 aliphatic heterocycles. The molecule has 2 heterocycles. The van der Waals surface area contributed by atoms with Gasteiger partial charge >= 0.3 is 5.69 Å². The Bertz CT molecular complexity index is 991. The molecular weight excluding hydrogens is 404 g/mol. The second kappa shape index (κ2) is 9.35. The van der Waals surface area contributed by atoms with E-state index in [1.165, 1.54) is 10.8 Å². The molecule has 9 nitrogen and oxygen atoms in total. The van der Waals surface area contributed by atoms with Crippen molar-refractivity contribution in [3.63, 3.8) is 0 Å². The Hall–Kier alpha value is -2.46. The zero-order valence-corrected chi connectivity index (χ0v) is 18.2. The van der Waals surface area contributed by atoms with Crippen molar-refractivity contribution in [1.29, 1.82) is 0 Å². The van der Waals surface area contributed by atoms with Gasteiger partial charge in [0.05, 0.1) is 38.1 Å². The minimum Gasteiger partial charge on any atom is -0.497 e. The number of rotatable bonds is 7. The highest BCUT2D eigenvalue weighted by atomic mass is 16.5. The monoisotopic (exact) mass is 434 g/mol. The van der Waals surface area contributed by atoms with Gasteiger partial charge in [-0.2, -0.15) is 0 Å². The van der Waals surface area contributed by atoms with E-state index >= 15 is 0 Å². The van der Waals surface area contributed by atoms with E-state index in [4.69, 9.17) is 14.2 Å². The second-order valence-corrected chi connectivity index (χ2v) is 8.77. The van der Waals surface area contributed by atoms with E-state index in [-0.39, 0.29) is 36.7 Å². The molecule has 4 atom stereocenters. The van der Waals surface area contributed by atoms with Crippen molar-refractivity contribution in [2.24, 2.45) is 5.41 Å². The van der Waals surface area contributed by atoms with Crippen LogP contribution in [-0.4, -0.2) is 45.7 Å². The van der Waals surface area contributed by atoms with Crippen LogP contribution >= 0.6 is 0 Å². The van der Waals surface area contributed by atoms with Crippen molar-refractivity contribution in [1.82, 2.24) is 9.55 Å². The fourth-order valence-electron chi connectivity index (χ4n) is 3.69. The minimum atomic E-state index is -0.895. The fourth-order valence-corrected chi connectivity index (χ4v) is 3.69. The van der Waals surface area contributed by atoms with E-state index in [1.54, 1.807) is 7.11 Å². The number of ether oxygens (including phenoxy) is 3. The molecule has 0 bridgehead atoms. The summed E-state index contributed by atoms with van der Waals surface area (Å²) in [7, 11) is 1.60. The molecule has 2 aromatic rings. The molecule has 0 amide bonds. The number of aromatic nitrogens is 2. The number of nitrogens with one attached hydrogen (secondary N) is 1. The predicted octanol–water partition coefficient (Wildman–Crippen LogP) is 1.49. The molecule has 3 rings (SSSR count). The van der Waals surface area contributed by atoms with Gasteiger partial charge in [-0.15, -0.1) is 0 Å². The molecular formula is C22H30N2O7. The summed E-state index contributed by atoms with van der Waals surface area (Å²) in [6.45, 7) is 5.73. The Labute approximate surface area is 180 Å². The van der Waals surface area contributed by atoms with Gasteiger partial charge in [0, 0.05) is 12.6 Å². The van der Waals surface area contributed by atoms with Gasteiger partial charge in [-0.25, -0.2) is 4.79 Å². The third-order valence-corrected chi connectivity index (χ3v) is 5.35. The lowest BCUT2D eigenvalue weighted by Crippen LogP contribution is -2.35. The van der Waals surface area contributed by atoms with Gasteiger partial charge in [-0.05, 0) is 23.1 Å². The van der Waals surface area contributed by atoms with E-state index in [2.05, 4.69) is 4.98 Å². The maximum absolute atomic E-state index is 12.4. The van der Waals surface area contributed by atoms with E-state index in [1.807, 2.05) is 45.0 Å². The highest BCUT2D eigenvalue weighted by Gasteiger charge is 2.35. The normalized spacial score (nSPS) is 22.5. The van der Waals surface area contributed by atoms with E-state index in [0.29, 0.717) is 0 Å². The van der Waals surface area contributed by atoms with Crippen molar-refractivity contribution in [2.75, 3.05) is 13.7 Å². The lowest BCUT2D eigenvalue weighted by Gasteiger charge is -2.31. The molecule has 0 spiro atoms. The van der Waals surface area contributed by atoms with Crippen LogP contribution in [0.3, 0.4) is 0 Å². The predicted molar refractivity (Wildman–Crippen MR) is 113 cm³/mol. The Morgan fingerprint density at radius 1 is 1.26 bits per heavy atom. The molecule has 3 N–H and O–H groups in total. The van der Waals surface area contributed by atoms with E-state index in [0.717, 1.165) is 11.3 Å². The highest BCUT2D eigenvalue weighted by Crippen LogP contribution is 2.37. The van der Waals surface area contributed by atoms with Gasteiger partial charge in [0.15, 0.2) is 0 Å². The average molecular weight is 434 g/mol. The number of H-pyrrole nitrogens is 1. The van der Waals surface area contributed by atoms with E-state index in [9.17, 15) is 19.8 Å². The van der Waals surface area contributed by atoms with Gasteiger partial charge in [0.25, 0.3) is 5.56 Å². The summed E-state index contributed by atoms with van der Waals surface area (Å²) in [4.78, 5) is 26.9. The van der Waals surface area contributed by atoms with Crippen molar-refractivity contribution in [3.8, 4) is 5.75 Å². The number of aromatic amines is 1. The number of aliphatic hydroxyl groups is 2. The summed E-state index contributed by atoms with van der Waals surface area (Å²) < 4.78 is 18.1. The summed E-state index contributed by atoms with van der Waals surface area (Å²) in [5, 5.41) is 19.2. The molecule has 0 radical (unpaired) electrons. The average Bonchev–Trinajstić information content (AvgIpc) is 3.09. The van der Waals surface area contributed by atoms with Crippen molar-refractivity contribution < 1.29 is 24.4 Å². The van der Waals surface area contributed by atoms with Crippen molar-refractivity contribution >= 4 is 0 Å². The smallest absolute Gasteiger partial charge is 0.330 e. The number of nitrogens with zero attached hydrogens (tertiary/aromatic N) is 1. The molecule has 1 saturated heterocycles. The van der Waals surface area contributed by atoms with Crippen LogP contribution in [0, 0.1) is 5.41 Å². The van der Waals surface area contributed by atoms with Crippen LogP contribution in [0.15, 0.2) is 40.1 Å². The molecule has 0 saturated carbocycles. The third kappa shape index (κ3) is 5.24. The molecule has 1 aliphatic rings. The van der Waals surface area contributed by atoms with Crippen LogP contribution in [-0.2, 0) is 16.1 Å². The first-order valence-electron chi connectivity index (χ1n) is 10.2.